The lowest BCUT2D eigenvalue weighted by atomic mass is 10.1. The molecule has 3 N–H and O–H groups in total. The first-order valence-electron chi connectivity index (χ1n) is 6.93. The van der Waals surface area contributed by atoms with Gasteiger partial charge < -0.3 is 10.9 Å². The molecule has 1 aliphatic rings. The van der Waals surface area contributed by atoms with E-state index in [-0.39, 0.29) is 0 Å². The number of hydrogen-bond donors (Lipinski definition) is 2. The number of oxime groups is 1. The van der Waals surface area contributed by atoms with Crippen molar-refractivity contribution in [2.45, 2.75) is 31.8 Å². The highest BCUT2D eigenvalue weighted by molar-refractivity contribution is 7.17. The van der Waals surface area contributed by atoms with Gasteiger partial charge in [0.2, 0.25) is 0 Å². The van der Waals surface area contributed by atoms with E-state index in [1.54, 1.807) is 11.3 Å². The Morgan fingerprint density at radius 1 is 1.40 bits per heavy atom. The molecule has 0 amide bonds. The first-order valence-corrected chi connectivity index (χ1v) is 7.81. The van der Waals surface area contributed by atoms with Crippen LogP contribution < -0.4 is 5.73 Å². The molecule has 1 saturated carbocycles. The largest absolute Gasteiger partial charge is 0.409 e. The lowest BCUT2D eigenvalue weighted by molar-refractivity contribution is 0.260. The summed E-state index contributed by atoms with van der Waals surface area (Å²) in [5.41, 5.74) is 6.97. The van der Waals surface area contributed by atoms with Crippen molar-refractivity contribution in [1.82, 2.24) is 4.90 Å². The zero-order chi connectivity index (χ0) is 13.9. The molecule has 1 aliphatic carbocycles. The maximum atomic E-state index is 8.65. The van der Waals surface area contributed by atoms with Crippen LogP contribution in [0.5, 0.6) is 0 Å². The highest BCUT2D eigenvalue weighted by Gasteiger charge is 2.29. The molecule has 0 aliphatic heterocycles. The number of amidine groups is 1. The fourth-order valence-corrected chi connectivity index (χ4v) is 3.47. The third-order valence-electron chi connectivity index (χ3n) is 3.78. The third kappa shape index (κ3) is 2.94. The van der Waals surface area contributed by atoms with Crippen LogP contribution in [0.3, 0.4) is 0 Å². The van der Waals surface area contributed by atoms with Gasteiger partial charge in [-0.2, -0.15) is 0 Å². The summed E-state index contributed by atoms with van der Waals surface area (Å²) < 4.78 is 1.34. The Labute approximate surface area is 122 Å². The lowest BCUT2D eigenvalue weighted by Gasteiger charge is -2.21. The molecule has 0 radical (unpaired) electrons. The van der Waals surface area contributed by atoms with Gasteiger partial charge in [0.05, 0.1) is 0 Å². The highest BCUT2D eigenvalue weighted by atomic mass is 32.1. The molecule has 1 heterocycles. The fourth-order valence-electron chi connectivity index (χ4n) is 2.51. The average Bonchev–Trinajstić information content (AvgIpc) is 3.25. The number of nitrogens with two attached hydrogens (primary N) is 1. The van der Waals surface area contributed by atoms with Gasteiger partial charge in [-0.25, -0.2) is 0 Å². The summed E-state index contributed by atoms with van der Waals surface area (Å²) >= 11 is 1.80. The van der Waals surface area contributed by atoms with Gasteiger partial charge in [-0.05, 0) is 35.2 Å². The van der Waals surface area contributed by atoms with Crippen LogP contribution in [-0.2, 0) is 6.54 Å². The van der Waals surface area contributed by atoms with Crippen molar-refractivity contribution < 1.29 is 5.21 Å². The third-order valence-corrected chi connectivity index (χ3v) is 4.79. The number of fused-ring (bicyclic) bond motifs is 1. The molecular weight excluding hydrogens is 270 g/mol. The van der Waals surface area contributed by atoms with Crippen molar-refractivity contribution in [3.63, 3.8) is 0 Å². The van der Waals surface area contributed by atoms with E-state index in [1.807, 2.05) is 0 Å². The van der Waals surface area contributed by atoms with Gasteiger partial charge in [0, 0.05) is 30.3 Å². The molecule has 106 valence electrons. The predicted molar refractivity (Wildman–Crippen MR) is 83.3 cm³/mol. The Bertz CT molecular complexity index is 618. The van der Waals surface area contributed by atoms with Crippen molar-refractivity contribution in [3.05, 3.63) is 35.2 Å². The van der Waals surface area contributed by atoms with E-state index in [9.17, 15) is 0 Å². The quantitative estimate of drug-likeness (QED) is 0.372. The molecule has 0 bridgehead atoms. The molecule has 0 spiro atoms. The molecule has 5 heteroatoms. The van der Waals surface area contributed by atoms with Gasteiger partial charge in [0.15, 0.2) is 0 Å². The first kappa shape index (κ1) is 13.4. The van der Waals surface area contributed by atoms with E-state index in [2.05, 4.69) is 39.7 Å². The van der Waals surface area contributed by atoms with Gasteiger partial charge in [-0.3, -0.25) is 4.90 Å². The summed E-state index contributed by atoms with van der Waals surface area (Å²) in [7, 11) is 0. The minimum absolute atomic E-state index is 0.311. The molecule has 0 unspecified atom stereocenters. The monoisotopic (exact) mass is 289 g/mol. The standard InChI is InChI=1S/C15H19N3OS/c16-15(17-19)7-8-18(12-5-6-12)9-11-10-20-14-4-2-1-3-13(11)14/h1-4,10,12,19H,5-9H2,(H2,16,17). The fraction of sp³-hybridized carbons (Fsp3) is 0.400. The van der Waals surface area contributed by atoms with Crippen molar-refractivity contribution in [2.24, 2.45) is 10.9 Å². The van der Waals surface area contributed by atoms with Crippen molar-refractivity contribution in [2.75, 3.05) is 6.54 Å². The second-order valence-electron chi connectivity index (χ2n) is 5.30. The van der Waals surface area contributed by atoms with Gasteiger partial charge in [-0.15, -0.1) is 11.3 Å². The Kier molecular flexibility index (Phi) is 3.89. The van der Waals surface area contributed by atoms with E-state index in [1.165, 1.54) is 28.5 Å². The van der Waals surface area contributed by atoms with Crippen LogP contribution in [0.15, 0.2) is 34.8 Å². The maximum Gasteiger partial charge on any atom is 0.140 e. The topological polar surface area (TPSA) is 61.8 Å². The second-order valence-corrected chi connectivity index (χ2v) is 6.21. The minimum atomic E-state index is 0.311. The molecule has 1 aromatic carbocycles. The van der Waals surface area contributed by atoms with Gasteiger partial charge in [-0.1, -0.05) is 23.4 Å². The van der Waals surface area contributed by atoms with Crippen LogP contribution in [0.2, 0.25) is 0 Å². The van der Waals surface area contributed by atoms with E-state index in [0.717, 1.165) is 13.1 Å². The molecule has 0 atom stereocenters. The van der Waals surface area contributed by atoms with Gasteiger partial charge in [0.1, 0.15) is 5.84 Å². The summed E-state index contributed by atoms with van der Waals surface area (Å²) in [6, 6.07) is 9.20. The Hall–Kier alpha value is -1.59. The smallest absolute Gasteiger partial charge is 0.140 e. The summed E-state index contributed by atoms with van der Waals surface area (Å²) in [6.45, 7) is 1.80. The van der Waals surface area contributed by atoms with E-state index < -0.39 is 0 Å². The van der Waals surface area contributed by atoms with E-state index >= 15 is 0 Å². The lowest BCUT2D eigenvalue weighted by Crippen LogP contribution is -2.29. The van der Waals surface area contributed by atoms with Crippen molar-refractivity contribution in [3.8, 4) is 0 Å². The average molecular weight is 289 g/mol. The van der Waals surface area contributed by atoms with Crippen LogP contribution in [0.4, 0.5) is 0 Å². The molecule has 20 heavy (non-hydrogen) atoms. The number of benzene rings is 1. The van der Waals surface area contributed by atoms with Crippen LogP contribution in [0.25, 0.3) is 10.1 Å². The van der Waals surface area contributed by atoms with E-state index in [0.29, 0.717) is 18.3 Å². The normalized spacial score (nSPS) is 16.1. The van der Waals surface area contributed by atoms with Gasteiger partial charge >= 0.3 is 0 Å². The zero-order valence-electron chi connectivity index (χ0n) is 11.3. The molecule has 0 saturated heterocycles. The summed E-state index contributed by atoms with van der Waals surface area (Å²) in [5, 5.41) is 15.3. The number of hydrogen-bond acceptors (Lipinski definition) is 4. The van der Waals surface area contributed by atoms with Crippen LogP contribution in [0, 0.1) is 0 Å². The molecular formula is C15H19N3OS. The molecule has 2 aromatic rings. The number of nitrogens with zero attached hydrogens (tertiary/aromatic N) is 2. The predicted octanol–water partition coefficient (Wildman–Crippen LogP) is 3.00. The van der Waals surface area contributed by atoms with E-state index in [4.69, 9.17) is 10.9 Å². The van der Waals surface area contributed by atoms with Crippen molar-refractivity contribution >= 4 is 27.3 Å². The summed E-state index contributed by atoms with van der Waals surface area (Å²) in [5.74, 6) is 0.311. The van der Waals surface area contributed by atoms with Gasteiger partial charge in [0.25, 0.3) is 0 Å². The summed E-state index contributed by atoms with van der Waals surface area (Å²) in [4.78, 5) is 2.45. The Morgan fingerprint density at radius 2 is 2.20 bits per heavy atom. The molecule has 1 fully saturated rings. The molecule has 1 aromatic heterocycles. The number of thiophene rings is 1. The zero-order valence-corrected chi connectivity index (χ0v) is 12.1. The Balaban J connectivity index is 1.73. The number of rotatable bonds is 6. The highest BCUT2D eigenvalue weighted by Crippen LogP contribution is 2.32. The van der Waals surface area contributed by atoms with Crippen LogP contribution in [0.1, 0.15) is 24.8 Å². The van der Waals surface area contributed by atoms with Crippen LogP contribution >= 0.6 is 11.3 Å². The van der Waals surface area contributed by atoms with Crippen LogP contribution in [-0.4, -0.2) is 28.5 Å². The van der Waals surface area contributed by atoms with Crippen molar-refractivity contribution in [1.29, 1.82) is 0 Å². The second kappa shape index (κ2) is 5.81. The minimum Gasteiger partial charge on any atom is -0.409 e. The first-order chi connectivity index (χ1) is 9.78. The Morgan fingerprint density at radius 3 is 2.95 bits per heavy atom. The SMILES string of the molecule is NC(CCN(Cc1csc2ccccc12)C1CC1)=NO. The molecule has 4 nitrogen and oxygen atoms in total. The maximum absolute atomic E-state index is 8.65. The summed E-state index contributed by atoms with van der Waals surface area (Å²) in [6.07, 6.45) is 3.14. The molecule has 3 rings (SSSR count).